The molecule has 30 heavy (non-hydrogen) atoms. The maximum atomic E-state index is 13.4. The van der Waals surface area contributed by atoms with Crippen molar-refractivity contribution in [1.29, 1.82) is 0 Å². The third-order valence-corrected chi connectivity index (χ3v) is 5.24. The van der Waals surface area contributed by atoms with E-state index in [0.717, 1.165) is 4.90 Å². The van der Waals surface area contributed by atoms with Crippen LogP contribution in [0.4, 0.5) is 0 Å². The molecule has 7 nitrogen and oxygen atoms in total. The summed E-state index contributed by atoms with van der Waals surface area (Å²) in [6, 6.07) is 17.0. The van der Waals surface area contributed by atoms with E-state index in [1.165, 1.54) is 0 Å². The van der Waals surface area contributed by atoms with Crippen LogP contribution in [0.5, 0.6) is 0 Å². The molecule has 1 amide bonds. The molecule has 3 rings (SSSR count). The highest BCUT2D eigenvalue weighted by atomic mass is 16.6. The summed E-state index contributed by atoms with van der Waals surface area (Å²) in [5, 5.41) is 10.9. The first-order chi connectivity index (χ1) is 14.5. The molecule has 1 fully saturated rings. The van der Waals surface area contributed by atoms with Gasteiger partial charge in [-0.25, -0.2) is 9.59 Å². The molecular weight excluding hydrogens is 386 g/mol. The number of rotatable bonds is 6. The molecule has 0 aliphatic carbocycles. The molecule has 7 heteroatoms. The molecule has 158 valence electrons. The fourth-order valence-electron chi connectivity index (χ4n) is 4.01. The summed E-state index contributed by atoms with van der Waals surface area (Å²) >= 11 is 0. The largest absolute Gasteiger partial charge is 0.464 e. The quantitative estimate of drug-likeness (QED) is 0.580. The standard InChI is InChI=1S/C23H25NO6/c1-3-29-21(27)23(22(28)30-4-2)18(16-11-7-5-8-12-16)15-19(25)24(23)20(26)17-13-9-6-10-14-17/h5-14,18-19,25H,3-4,15H2,1-2H3/t18-,19+/m0/s1. The first-order valence-electron chi connectivity index (χ1n) is 9.94. The molecule has 0 unspecified atom stereocenters. The van der Waals surface area contributed by atoms with E-state index in [1.54, 1.807) is 74.5 Å². The van der Waals surface area contributed by atoms with Crippen LogP contribution in [0.3, 0.4) is 0 Å². The molecule has 1 aliphatic heterocycles. The number of carbonyl (C=O) groups excluding carboxylic acids is 3. The van der Waals surface area contributed by atoms with E-state index in [9.17, 15) is 19.5 Å². The number of esters is 2. The number of hydrogen-bond donors (Lipinski definition) is 1. The van der Waals surface area contributed by atoms with Crippen LogP contribution in [0, 0.1) is 0 Å². The predicted molar refractivity (Wildman–Crippen MR) is 108 cm³/mol. The van der Waals surface area contributed by atoms with Gasteiger partial charge in [-0.15, -0.1) is 0 Å². The molecule has 0 bridgehead atoms. The van der Waals surface area contributed by atoms with Crippen LogP contribution in [0.2, 0.25) is 0 Å². The van der Waals surface area contributed by atoms with E-state index < -0.39 is 35.5 Å². The fraction of sp³-hybridized carbons (Fsp3) is 0.348. The monoisotopic (exact) mass is 411 g/mol. The number of likely N-dealkylation sites (tertiary alicyclic amines) is 1. The van der Waals surface area contributed by atoms with Crippen molar-refractivity contribution in [2.24, 2.45) is 0 Å². The van der Waals surface area contributed by atoms with Crippen LogP contribution >= 0.6 is 0 Å². The summed E-state index contributed by atoms with van der Waals surface area (Å²) in [4.78, 5) is 41.0. The first kappa shape index (κ1) is 21.5. The van der Waals surface area contributed by atoms with Gasteiger partial charge >= 0.3 is 11.9 Å². The maximum absolute atomic E-state index is 13.4. The molecule has 2 atom stereocenters. The highest BCUT2D eigenvalue weighted by Gasteiger charge is 2.67. The van der Waals surface area contributed by atoms with E-state index in [1.807, 2.05) is 0 Å². The van der Waals surface area contributed by atoms with Crippen molar-refractivity contribution in [3.8, 4) is 0 Å². The lowest BCUT2D eigenvalue weighted by molar-refractivity contribution is -0.175. The molecule has 0 aromatic heterocycles. The van der Waals surface area contributed by atoms with Crippen molar-refractivity contribution < 1.29 is 29.0 Å². The summed E-state index contributed by atoms with van der Waals surface area (Å²) in [6.45, 7) is 3.24. The van der Waals surface area contributed by atoms with Crippen molar-refractivity contribution in [3.63, 3.8) is 0 Å². The molecule has 1 heterocycles. The Morgan fingerprint density at radius 2 is 1.43 bits per heavy atom. The number of aliphatic hydroxyl groups is 1. The van der Waals surface area contributed by atoms with E-state index in [0.29, 0.717) is 5.56 Å². The Labute approximate surface area is 175 Å². The van der Waals surface area contributed by atoms with Crippen molar-refractivity contribution in [1.82, 2.24) is 4.90 Å². The SMILES string of the molecule is CCOC(=O)C1(C(=O)OCC)[C@H](c2ccccc2)C[C@@H](O)N1C(=O)c1ccccc1. The Morgan fingerprint density at radius 3 is 1.93 bits per heavy atom. The number of benzene rings is 2. The van der Waals surface area contributed by atoms with Gasteiger partial charge in [0.1, 0.15) is 6.23 Å². The second-order valence-corrected chi connectivity index (χ2v) is 6.93. The summed E-state index contributed by atoms with van der Waals surface area (Å²) < 4.78 is 10.5. The summed E-state index contributed by atoms with van der Waals surface area (Å²) in [5.41, 5.74) is -1.27. The smallest absolute Gasteiger partial charge is 0.344 e. The lowest BCUT2D eigenvalue weighted by Gasteiger charge is -2.38. The summed E-state index contributed by atoms with van der Waals surface area (Å²) in [5.74, 6) is -3.32. The molecule has 1 aliphatic rings. The molecular formula is C23H25NO6. The van der Waals surface area contributed by atoms with Crippen molar-refractivity contribution >= 4 is 17.8 Å². The Balaban J connectivity index is 2.23. The molecule has 0 saturated carbocycles. The molecule has 0 spiro atoms. The minimum Gasteiger partial charge on any atom is -0.464 e. The number of amides is 1. The molecule has 2 aromatic rings. The van der Waals surface area contributed by atoms with E-state index in [2.05, 4.69) is 0 Å². The average molecular weight is 411 g/mol. The zero-order valence-corrected chi connectivity index (χ0v) is 17.0. The van der Waals surface area contributed by atoms with E-state index >= 15 is 0 Å². The molecule has 1 N–H and O–H groups in total. The fourth-order valence-corrected chi connectivity index (χ4v) is 4.01. The van der Waals surface area contributed by atoms with Gasteiger partial charge in [-0.1, -0.05) is 48.5 Å². The topological polar surface area (TPSA) is 93.1 Å². The number of hydrogen-bond acceptors (Lipinski definition) is 6. The van der Waals surface area contributed by atoms with Gasteiger partial charge in [0.2, 0.25) is 5.54 Å². The minimum atomic E-state index is -2.14. The van der Waals surface area contributed by atoms with Crippen molar-refractivity contribution in [2.75, 3.05) is 13.2 Å². The predicted octanol–water partition coefficient (Wildman–Crippen LogP) is 2.50. The Hall–Kier alpha value is -3.19. The molecule has 1 saturated heterocycles. The van der Waals surface area contributed by atoms with Crippen LogP contribution in [0.25, 0.3) is 0 Å². The Kier molecular flexibility index (Phi) is 6.52. The van der Waals surface area contributed by atoms with E-state index in [4.69, 9.17) is 9.47 Å². The maximum Gasteiger partial charge on any atom is 0.344 e. The highest BCUT2D eigenvalue weighted by molar-refractivity contribution is 6.12. The minimum absolute atomic E-state index is 0.00492. The van der Waals surface area contributed by atoms with Gasteiger partial charge < -0.3 is 14.6 Å². The van der Waals surface area contributed by atoms with Crippen molar-refractivity contribution in [2.45, 2.75) is 38.0 Å². The second kappa shape index (κ2) is 9.09. The number of ether oxygens (including phenoxy) is 2. The van der Waals surface area contributed by atoms with Gasteiger partial charge in [0, 0.05) is 17.9 Å². The van der Waals surface area contributed by atoms with Gasteiger partial charge in [0.25, 0.3) is 5.91 Å². The van der Waals surface area contributed by atoms with Crippen LogP contribution in [-0.2, 0) is 19.1 Å². The van der Waals surface area contributed by atoms with Gasteiger partial charge in [-0.05, 0) is 31.5 Å². The van der Waals surface area contributed by atoms with Gasteiger partial charge in [0.15, 0.2) is 0 Å². The van der Waals surface area contributed by atoms with Crippen molar-refractivity contribution in [3.05, 3.63) is 71.8 Å². The number of aliphatic hydroxyl groups excluding tert-OH is 1. The van der Waals surface area contributed by atoms with Gasteiger partial charge in [-0.2, -0.15) is 0 Å². The van der Waals surface area contributed by atoms with Crippen LogP contribution < -0.4 is 0 Å². The summed E-state index contributed by atoms with van der Waals surface area (Å²) in [6.07, 6.45) is -1.39. The van der Waals surface area contributed by atoms with Crippen LogP contribution in [-0.4, -0.2) is 52.8 Å². The molecule has 2 aromatic carbocycles. The van der Waals surface area contributed by atoms with Gasteiger partial charge in [0.05, 0.1) is 13.2 Å². The lowest BCUT2D eigenvalue weighted by Crippen LogP contribution is -2.64. The van der Waals surface area contributed by atoms with E-state index in [-0.39, 0.29) is 25.2 Å². The highest BCUT2D eigenvalue weighted by Crippen LogP contribution is 2.47. The normalized spacial score (nSPS) is 19.9. The third-order valence-electron chi connectivity index (χ3n) is 5.24. The Bertz CT molecular complexity index is 880. The number of nitrogens with zero attached hydrogens (tertiary/aromatic N) is 1. The average Bonchev–Trinajstić information content (AvgIpc) is 3.08. The van der Waals surface area contributed by atoms with Crippen LogP contribution in [0.1, 0.15) is 42.1 Å². The first-order valence-corrected chi connectivity index (χ1v) is 9.94. The zero-order valence-electron chi connectivity index (χ0n) is 17.0. The summed E-state index contributed by atoms with van der Waals surface area (Å²) in [7, 11) is 0. The Morgan fingerprint density at radius 1 is 0.933 bits per heavy atom. The van der Waals surface area contributed by atoms with Gasteiger partial charge in [-0.3, -0.25) is 9.69 Å². The van der Waals surface area contributed by atoms with Crippen LogP contribution in [0.15, 0.2) is 60.7 Å². The molecule has 0 radical (unpaired) electrons. The zero-order chi connectivity index (χ0) is 21.7. The third kappa shape index (κ3) is 3.57. The number of carbonyl (C=O) groups is 3. The second-order valence-electron chi connectivity index (χ2n) is 6.93. The lowest BCUT2D eigenvalue weighted by atomic mass is 9.79.